The Kier molecular flexibility index (Phi) is 4.61. The molecule has 0 aliphatic carbocycles. The standard InChI is InChI=1S/C17H13F3N4O2/c18-17(19,20)11-5-3-4-10(8-11)9-26-13-7-2-1-6-12(13)14-15(16(21)25)23-24-22-14/h1-8H,9H2,(H2,21,25)(H,22,23,24). The van der Waals surface area contributed by atoms with Crippen LogP contribution in [0.4, 0.5) is 13.2 Å². The molecular formula is C17H13F3N4O2. The maximum Gasteiger partial charge on any atom is 0.416 e. The third kappa shape index (κ3) is 3.66. The molecule has 1 amide bonds. The van der Waals surface area contributed by atoms with Crippen LogP contribution >= 0.6 is 0 Å². The van der Waals surface area contributed by atoms with E-state index in [4.69, 9.17) is 10.5 Å². The smallest absolute Gasteiger partial charge is 0.416 e. The van der Waals surface area contributed by atoms with Crippen molar-refractivity contribution in [2.45, 2.75) is 12.8 Å². The molecule has 3 N–H and O–H groups in total. The number of primary amides is 1. The molecule has 26 heavy (non-hydrogen) atoms. The molecule has 1 aromatic heterocycles. The van der Waals surface area contributed by atoms with Crippen LogP contribution in [0.2, 0.25) is 0 Å². The van der Waals surface area contributed by atoms with Crippen LogP contribution in [0.1, 0.15) is 21.6 Å². The van der Waals surface area contributed by atoms with Gasteiger partial charge in [-0.3, -0.25) is 4.79 Å². The first-order valence-corrected chi connectivity index (χ1v) is 7.45. The quantitative estimate of drug-likeness (QED) is 0.729. The van der Waals surface area contributed by atoms with Crippen LogP contribution in [0.15, 0.2) is 48.5 Å². The summed E-state index contributed by atoms with van der Waals surface area (Å²) in [5, 5.41) is 9.92. The average molecular weight is 362 g/mol. The highest BCUT2D eigenvalue weighted by Gasteiger charge is 2.30. The number of para-hydroxylation sites is 1. The van der Waals surface area contributed by atoms with Crippen LogP contribution in [0.3, 0.4) is 0 Å². The second-order valence-corrected chi connectivity index (χ2v) is 5.37. The average Bonchev–Trinajstić information content (AvgIpc) is 3.09. The van der Waals surface area contributed by atoms with E-state index < -0.39 is 17.6 Å². The van der Waals surface area contributed by atoms with Crippen LogP contribution in [0.5, 0.6) is 5.75 Å². The van der Waals surface area contributed by atoms with Gasteiger partial charge in [-0.25, -0.2) is 0 Å². The van der Waals surface area contributed by atoms with E-state index in [1.807, 2.05) is 0 Å². The number of nitrogens with two attached hydrogens (primary N) is 1. The van der Waals surface area contributed by atoms with Crippen molar-refractivity contribution in [3.63, 3.8) is 0 Å². The third-order valence-corrected chi connectivity index (χ3v) is 3.57. The summed E-state index contributed by atoms with van der Waals surface area (Å²) in [6, 6.07) is 11.5. The van der Waals surface area contributed by atoms with Crippen molar-refractivity contribution in [2.75, 3.05) is 0 Å². The van der Waals surface area contributed by atoms with Crippen molar-refractivity contribution in [3.05, 3.63) is 65.4 Å². The fraction of sp³-hybridized carbons (Fsp3) is 0.118. The van der Waals surface area contributed by atoms with Gasteiger partial charge in [0.2, 0.25) is 0 Å². The number of benzene rings is 2. The molecule has 0 fully saturated rings. The lowest BCUT2D eigenvalue weighted by Crippen LogP contribution is -2.13. The molecule has 9 heteroatoms. The van der Waals surface area contributed by atoms with Crippen LogP contribution in [0.25, 0.3) is 11.3 Å². The maximum atomic E-state index is 12.8. The monoisotopic (exact) mass is 362 g/mol. The number of hydrogen-bond donors (Lipinski definition) is 2. The molecule has 0 atom stereocenters. The number of alkyl halides is 3. The number of amides is 1. The normalized spacial score (nSPS) is 11.3. The Morgan fingerprint density at radius 3 is 2.62 bits per heavy atom. The van der Waals surface area contributed by atoms with Crippen molar-refractivity contribution in [1.82, 2.24) is 15.4 Å². The van der Waals surface area contributed by atoms with E-state index in [0.717, 1.165) is 12.1 Å². The van der Waals surface area contributed by atoms with E-state index in [1.54, 1.807) is 24.3 Å². The van der Waals surface area contributed by atoms with E-state index in [-0.39, 0.29) is 18.0 Å². The molecule has 0 aliphatic heterocycles. The number of ether oxygens (including phenoxy) is 1. The number of carbonyl (C=O) groups excluding carboxylic acids is 1. The largest absolute Gasteiger partial charge is 0.488 e. The van der Waals surface area contributed by atoms with Gasteiger partial charge in [-0.2, -0.15) is 28.6 Å². The number of rotatable bonds is 5. The lowest BCUT2D eigenvalue weighted by atomic mass is 10.1. The number of nitrogens with zero attached hydrogens (tertiary/aromatic N) is 2. The van der Waals surface area contributed by atoms with Gasteiger partial charge in [0.15, 0.2) is 5.69 Å². The molecular weight excluding hydrogens is 349 g/mol. The van der Waals surface area contributed by atoms with E-state index in [1.165, 1.54) is 12.1 Å². The zero-order valence-corrected chi connectivity index (χ0v) is 13.2. The van der Waals surface area contributed by atoms with E-state index in [9.17, 15) is 18.0 Å². The van der Waals surface area contributed by atoms with E-state index in [2.05, 4.69) is 15.4 Å². The molecule has 0 spiro atoms. The van der Waals surface area contributed by atoms with Crippen molar-refractivity contribution >= 4 is 5.91 Å². The van der Waals surface area contributed by atoms with Crippen molar-refractivity contribution < 1.29 is 22.7 Å². The fourth-order valence-corrected chi connectivity index (χ4v) is 2.38. The van der Waals surface area contributed by atoms with Gasteiger partial charge in [0.1, 0.15) is 18.1 Å². The Bertz CT molecular complexity index is 938. The molecule has 0 unspecified atom stereocenters. The summed E-state index contributed by atoms with van der Waals surface area (Å²) in [6.07, 6.45) is -4.43. The molecule has 1 heterocycles. The van der Waals surface area contributed by atoms with Crippen molar-refractivity contribution in [2.24, 2.45) is 5.73 Å². The predicted octanol–water partition coefficient (Wildman–Crippen LogP) is 3.17. The summed E-state index contributed by atoms with van der Waals surface area (Å²) in [5.41, 5.74) is 5.46. The first-order valence-electron chi connectivity index (χ1n) is 7.45. The van der Waals surface area contributed by atoms with Gasteiger partial charge in [-0.05, 0) is 29.8 Å². The maximum absolute atomic E-state index is 12.8. The first kappa shape index (κ1) is 17.5. The highest BCUT2D eigenvalue weighted by atomic mass is 19.4. The molecule has 0 radical (unpaired) electrons. The van der Waals surface area contributed by atoms with Gasteiger partial charge in [-0.15, -0.1) is 0 Å². The highest BCUT2D eigenvalue weighted by molar-refractivity contribution is 5.97. The summed E-state index contributed by atoms with van der Waals surface area (Å²) >= 11 is 0. The van der Waals surface area contributed by atoms with Crippen molar-refractivity contribution in [3.8, 4) is 17.0 Å². The predicted molar refractivity (Wildman–Crippen MR) is 86.1 cm³/mol. The minimum absolute atomic E-state index is 0.0554. The Morgan fingerprint density at radius 1 is 1.12 bits per heavy atom. The summed E-state index contributed by atoms with van der Waals surface area (Å²) in [5.74, 6) is -0.428. The lowest BCUT2D eigenvalue weighted by molar-refractivity contribution is -0.137. The number of hydrogen-bond acceptors (Lipinski definition) is 4. The Hall–Kier alpha value is -3.36. The minimum Gasteiger partial charge on any atom is -0.488 e. The summed E-state index contributed by atoms with van der Waals surface area (Å²) in [4.78, 5) is 11.4. The summed E-state index contributed by atoms with van der Waals surface area (Å²) in [6.45, 7) is -0.0926. The van der Waals surface area contributed by atoms with Gasteiger partial charge in [0.05, 0.1) is 5.56 Å². The SMILES string of the molecule is NC(=O)c1n[nH]nc1-c1ccccc1OCc1cccc(C(F)(F)F)c1. The lowest BCUT2D eigenvalue weighted by Gasteiger charge is -2.12. The Labute approximate surface area is 145 Å². The molecule has 0 aliphatic rings. The molecule has 3 aromatic rings. The number of aromatic amines is 1. The highest BCUT2D eigenvalue weighted by Crippen LogP contribution is 2.32. The van der Waals surface area contributed by atoms with Crippen LogP contribution < -0.4 is 10.5 Å². The van der Waals surface area contributed by atoms with Crippen LogP contribution in [-0.4, -0.2) is 21.3 Å². The van der Waals surface area contributed by atoms with Gasteiger partial charge in [0.25, 0.3) is 5.91 Å². The number of aromatic nitrogens is 3. The van der Waals surface area contributed by atoms with Gasteiger partial charge >= 0.3 is 6.18 Å². The van der Waals surface area contributed by atoms with E-state index >= 15 is 0 Å². The van der Waals surface area contributed by atoms with E-state index in [0.29, 0.717) is 16.9 Å². The molecule has 134 valence electrons. The summed E-state index contributed by atoms with van der Waals surface area (Å²) < 4.78 is 44.0. The Morgan fingerprint density at radius 2 is 1.88 bits per heavy atom. The molecule has 3 rings (SSSR count). The summed E-state index contributed by atoms with van der Waals surface area (Å²) in [7, 11) is 0. The molecule has 0 saturated heterocycles. The zero-order valence-electron chi connectivity index (χ0n) is 13.2. The molecule has 0 bridgehead atoms. The van der Waals surface area contributed by atoms with Crippen LogP contribution in [-0.2, 0) is 12.8 Å². The number of nitrogens with one attached hydrogen (secondary N) is 1. The van der Waals surface area contributed by atoms with Crippen molar-refractivity contribution in [1.29, 1.82) is 0 Å². The number of carbonyl (C=O) groups is 1. The third-order valence-electron chi connectivity index (χ3n) is 3.57. The van der Waals surface area contributed by atoms with Gasteiger partial charge < -0.3 is 10.5 Å². The topological polar surface area (TPSA) is 93.9 Å². The Balaban J connectivity index is 1.86. The van der Waals surface area contributed by atoms with Gasteiger partial charge in [0, 0.05) is 5.56 Å². The zero-order chi connectivity index (χ0) is 18.7. The van der Waals surface area contributed by atoms with Gasteiger partial charge in [-0.1, -0.05) is 24.3 Å². The molecule has 0 saturated carbocycles. The molecule has 6 nitrogen and oxygen atoms in total. The fourth-order valence-electron chi connectivity index (χ4n) is 2.38. The second-order valence-electron chi connectivity index (χ2n) is 5.37. The van der Waals surface area contributed by atoms with Crippen LogP contribution in [0, 0.1) is 0 Å². The number of halogens is 3. The number of H-pyrrole nitrogens is 1. The second kappa shape index (κ2) is 6.87. The first-order chi connectivity index (χ1) is 12.4. The minimum atomic E-state index is -4.43. The molecule has 2 aromatic carbocycles.